The number of fused-ring (bicyclic) bond motifs is 1. The van der Waals surface area contributed by atoms with Gasteiger partial charge in [0.1, 0.15) is 0 Å². The molecule has 1 nitrogen and oxygen atoms in total. The molecule has 1 heterocycles. The van der Waals surface area contributed by atoms with Gasteiger partial charge in [-0.15, -0.1) is 0 Å². The summed E-state index contributed by atoms with van der Waals surface area (Å²) in [5, 5.41) is 2.61. The van der Waals surface area contributed by atoms with Crippen molar-refractivity contribution in [2.24, 2.45) is 0 Å². The molecule has 2 aromatic rings. The average Bonchev–Trinajstić information content (AvgIpc) is 2.27. The van der Waals surface area contributed by atoms with Crippen LogP contribution in [0.5, 0.6) is 0 Å². The second-order valence-electron chi connectivity index (χ2n) is 4.21. The van der Waals surface area contributed by atoms with Crippen molar-refractivity contribution in [1.82, 2.24) is 4.98 Å². The number of benzene rings is 1. The Kier molecular flexibility index (Phi) is 2.72. The lowest BCUT2D eigenvalue weighted by Gasteiger charge is -2.13. The summed E-state index contributed by atoms with van der Waals surface area (Å²) in [7, 11) is 0. The molecule has 1 aromatic carbocycles. The third-order valence-corrected chi connectivity index (χ3v) is 2.83. The Morgan fingerprint density at radius 3 is 2.60 bits per heavy atom. The van der Waals surface area contributed by atoms with Crippen LogP contribution in [0.4, 0.5) is 0 Å². The van der Waals surface area contributed by atoms with E-state index in [-0.39, 0.29) is 0 Å². The smallest absolute Gasteiger partial charge is 0.0441 e. The molecule has 0 aliphatic carbocycles. The summed E-state index contributed by atoms with van der Waals surface area (Å²) < 4.78 is 0. The molecule has 0 unspecified atom stereocenters. The Morgan fingerprint density at radius 1 is 1.20 bits per heavy atom. The molecular formula is C14H17N. The lowest BCUT2D eigenvalue weighted by atomic mass is 9.94. The van der Waals surface area contributed by atoms with Crippen molar-refractivity contribution >= 4 is 10.8 Å². The van der Waals surface area contributed by atoms with Crippen LogP contribution in [0, 0.1) is 0 Å². The van der Waals surface area contributed by atoms with Crippen LogP contribution >= 0.6 is 0 Å². The highest BCUT2D eigenvalue weighted by Crippen LogP contribution is 2.27. The number of hydrogen-bond donors (Lipinski definition) is 0. The van der Waals surface area contributed by atoms with Gasteiger partial charge in [0.05, 0.1) is 0 Å². The van der Waals surface area contributed by atoms with E-state index in [1.54, 1.807) is 0 Å². The molecule has 0 amide bonds. The van der Waals surface area contributed by atoms with E-state index in [4.69, 9.17) is 0 Å². The molecule has 0 spiro atoms. The molecule has 0 bridgehead atoms. The van der Waals surface area contributed by atoms with Gasteiger partial charge in [0.15, 0.2) is 0 Å². The largest absolute Gasteiger partial charge is 0.260 e. The summed E-state index contributed by atoms with van der Waals surface area (Å²) in [6, 6.07) is 8.51. The molecule has 2 rings (SSSR count). The molecule has 15 heavy (non-hydrogen) atoms. The maximum atomic E-state index is 4.55. The van der Waals surface area contributed by atoms with Gasteiger partial charge >= 0.3 is 0 Å². The predicted octanol–water partition coefficient (Wildman–Crippen LogP) is 3.92. The number of hydrogen-bond acceptors (Lipinski definition) is 1. The molecule has 0 saturated carbocycles. The minimum Gasteiger partial charge on any atom is -0.260 e. The third kappa shape index (κ3) is 1.74. The van der Waals surface area contributed by atoms with Gasteiger partial charge in [-0.2, -0.15) is 0 Å². The normalized spacial score (nSPS) is 11.2. The predicted molar refractivity (Wildman–Crippen MR) is 65.2 cm³/mol. The van der Waals surface area contributed by atoms with Crippen LogP contribution < -0.4 is 0 Å². The number of aryl methyl sites for hydroxylation is 1. The van der Waals surface area contributed by atoms with E-state index < -0.39 is 0 Å². The molecule has 0 fully saturated rings. The van der Waals surface area contributed by atoms with Crippen molar-refractivity contribution in [2.75, 3.05) is 0 Å². The van der Waals surface area contributed by atoms with Crippen LogP contribution in [0.2, 0.25) is 0 Å². The maximum absolute atomic E-state index is 4.55. The zero-order valence-corrected chi connectivity index (χ0v) is 9.62. The molecule has 0 N–H and O–H groups in total. The van der Waals surface area contributed by atoms with Crippen LogP contribution in [0.25, 0.3) is 10.8 Å². The Labute approximate surface area is 91.2 Å². The van der Waals surface area contributed by atoms with Crippen LogP contribution in [0.1, 0.15) is 37.9 Å². The quantitative estimate of drug-likeness (QED) is 0.714. The zero-order chi connectivity index (χ0) is 10.8. The lowest BCUT2D eigenvalue weighted by molar-refractivity contribution is 0.836. The van der Waals surface area contributed by atoms with E-state index >= 15 is 0 Å². The summed E-state index contributed by atoms with van der Waals surface area (Å²) in [5.41, 5.74) is 2.65. The van der Waals surface area contributed by atoms with Crippen molar-refractivity contribution < 1.29 is 0 Å². The maximum Gasteiger partial charge on any atom is 0.0441 e. The van der Waals surface area contributed by atoms with Crippen molar-refractivity contribution in [3.8, 4) is 0 Å². The van der Waals surface area contributed by atoms with E-state index in [1.807, 2.05) is 6.20 Å². The highest BCUT2D eigenvalue weighted by molar-refractivity contribution is 5.86. The first-order valence-electron chi connectivity index (χ1n) is 5.60. The van der Waals surface area contributed by atoms with Gasteiger partial charge in [0, 0.05) is 17.3 Å². The summed E-state index contributed by atoms with van der Waals surface area (Å²) in [4.78, 5) is 4.55. The molecule has 1 aromatic heterocycles. The zero-order valence-electron chi connectivity index (χ0n) is 9.62. The van der Waals surface area contributed by atoms with E-state index in [0.29, 0.717) is 5.92 Å². The molecule has 0 radical (unpaired) electrons. The van der Waals surface area contributed by atoms with E-state index in [9.17, 15) is 0 Å². The molecular weight excluding hydrogens is 182 g/mol. The van der Waals surface area contributed by atoms with Crippen LogP contribution in [-0.4, -0.2) is 4.98 Å². The Hall–Kier alpha value is -1.37. The SMILES string of the molecule is CCc1ncc2ccccc2c1C(C)C. The first-order chi connectivity index (χ1) is 7.24. The molecule has 0 aliphatic rings. The summed E-state index contributed by atoms with van der Waals surface area (Å²) in [6.07, 6.45) is 3.00. The second kappa shape index (κ2) is 4.01. The third-order valence-electron chi connectivity index (χ3n) is 2.83. The van der Waals surface area contributed by atoms with Crippen molar-refractivity contribution in [3.63, 3.8) is 0 Å². The molecule has 0 aliphatic heterocycles. The van der Waals surface area contributed by atoms with Crippen LogP contribution in [-0.2, 0) is 6.42 Å². The second-order valence-corrected chi connectivity index (χ2v) is 4.21. The van der Waals surface area contributed by atoms with Crippen molar-refractivity contribution in [1.29, 1.82) is 0 Å². The van der Waals surface area contributed by atoms with Gasteiger partial charge in [0.25, 0.3) is 0 Å². The fraction of sp³-hybridized carbons (Fsp3) is 0.357. The molecule has 0 saturated heterocycles. The average molecular weight is 199 g/mol. The fourth-order valence-corrected chi connectivity index (χ4v) is 2.15. The van der Waals surface area contributed by atoms with Gasteiger partial charge in [-0.1, -0.05) is 45.0 Å². The number of rotatable bonds is 2. The van der Waals surface area contributed by atoms with E-state index in [1.165, 1.54) is 22.0 Å². The summed E-state index contributed by atoms with van der Waals surface area (Å²) >= 11 is 0. The van der Waals surface area contributed by atoms with E-state index in [2.05, 4.69) is 50.0 Å². The first kappa shape index (κ1) is 10.2. The topological polar surface area (TPSA) is 12.9 Å². The fourth-order valence-electron chi connectivity index (χ4n) is 2.15. The molecule has 1 heteroatoms. The number of aromatic nitrogens is 1. The summed E-state index contributed by atoms with van der Waals surface area (Å²) in [6.45, 7) is 6.65. The highest BCUT2D eigenvalue weighted by atomic mass is 14.7. The van der Waals surface area contributed by atoms with Crippen molar-refractivity contribution in [2.45, 2.75) is 33.1 Å². The number of pyridine rings is 1. The van der Waals surface area contributed by atoms with Crippen molar-refractivity contribution in [3.05, 3.63) is 41.7 Å². The van der Waals surface area contributed by atoms with Gasteiger partial charge in [0.2, 0.25) is 0 Å². The highest BCUT2D eigenvalue weighted by Gasteiger charge is 2.10. The standard InChI is InChI=1S/C14H17N/c1-4-13-14(10(2)3)12-8-6-5-7-11(12)9-15-13/h5-10H,4H2,1-3H3. The van der Waals surface area contributed by atoms with Gasteiger partial charge in [-0.3, -0.25) is 4.98 Å². The minimum absolute atomic E-state index is 0.540. The summed E-state index contributed by atoms with van der Waals surface area (Å²) in [5.74, 6) is 0.540. The lowest BCUT2D eigenvalue weighted by Crippen LogP contribution is -1.99. The Bertz CT molecular complexity index is 472. The Balaban J connectivity index is 2.79. The van der Waals surface area contributed by atoms with Gasteiger partial charge in [-0.05, 0) is 23.3 Å². The van der Waals surface area contributed by atoms with Crippen LogP contribution in [0.15, 0.2) is 30.5 Å². The minimum atomic E-state index is 0.540. The van der Waals surface area contributed by atoms with Gasteiger partial charge < -0.3 is 0 Å². The number of nitrogens with zero attached hydrogens (tertiary/aromatic N) is 1. The van der Waals surface area contributed by atoms with E-state index in [0.717, 1.165) is 6.42 Å². The van der Waals surface area contributed by atoms with Crippen LogP contribution in [0.3, 0.4) is 0 Å². The first-order valence-corrected chi connectivity index (χ1v) is 5.60. The monoisotopic (exact) mass is 199 g/mol. The van der Waals surface area contributed by atoms with Gasteiger partial charge in [-0.25, -0.2) is 0 Å². The molecule has 0 atom stereocenters. The Morgan fingerprint density at radius 2 is 1.93 bits per heavy atom. The molecule has 78 valence electrons.